The van der Waals surface area contributed by atoms with Crippen molar-refractivity contribution in [2.24, 2.45) is 5.92 Å². The van der Waals surface area contributed by atoms with Crippen LogP contribution in [0.3, 0.4) is 0 Å². The first-order valence-corrected chi connectivity index (χ1v) is 11.2. The molecule has 1 aromatic carbocycles. The number of pyridine rings is 1. The molecule has 2 heterocycles. The zero-order valence-electron chi connectivity index (χ0n) is 15.8. The van der Waals surface area contributed by atoms with Gasteiger partial charge in [0.05, 0.1) is 11.5 Å². The molecule has 1 fully saturated rings. The lowest BCUT2D eigenvalue weighted by atomic mass is 10.0. The monoisotopic (exact) mass is 390 g/mol. The summed E-state index contributed by atoms with van der Waals surface area (Å²) >= 11 is 0. The molecule has 1 saturated heterocycles. The maximum atomic E-state index is 12.3. The van der Waals surface area contributed by atoms with E-state index in [9.17, 15) is 18.0 Å². The summed E-state index contributed by atoms with van der Waals surface area (Å²) in [5.41, 5.74) is 3.56. The highest BCUT2D eigenvalue weighted by Gasteiger charge is 2.27. The molecule has 1 aromatic heterocycles. The number of aryl methyl sites for hydroxylation is 2. The quantitative estimate of drug-likeness (QED) is 0.789. The topological polar surface area (TPSA) is 96.1 Å². The molecule has 0 spiro atoms. The molecule has 146 valence electrons. The molecule has 1 unspecified atom stereocenters. The van der Waals surface area contributed by atoms with Crippen molar-refractivity contribution in [2.45, 2.75) is 39.5 Å². The number of fused-ring (bicyclic) bond motifs is 1. The highest BCUT2D eigenvalue weighted by Crippen LogP contribution is 2.22. The van der Waals surface area contributed by atoms with Gasteiger partial charge < -0.3 is 10.3 Å². The summed E-state index contributed by atoms with van der Waals surface area (Å²) in [6.45, 7) is 4.40. The van der Waals surface area contributed by atoms with Crippen molar-refractivity contribution < 1.29 is 13.2 Å². The predicted octanol–water partition coefficient (Wildman–Crippen LogP) is 2.02. The van der Waals surface area contributed by atoms with E-state index >= 15 is 0 Å². The van der Waals surface area contributed by atoms with Gasteiger partial charge in [-0.05, 0) is 62.3 Å². The summed E-state index contributed by atoms with van der Waals surface area (Å²) in [5.74, 6) is 0.438. The fraction of sp³-hybridized carbons (Fsp3) is 0.500. The third-order valence-electron chi connectivity index (χ3n) is 5.21. The third-order valence-corrected chi connectivity index (χ3v) is 7.05. The van der Waals surface area contributed by atoms with Crippen molar-refractivity contribution >= 4 is 26.6 Å². The molecular formula is C20H26N2O4S. The molecule has 27 heavy (non-hydrogen) atoms. The number of carbonyl (C=O) groups excluding carboxylic acids is 1. The van der Waals surface area contributed by atoms with Crippen molar-refractivity contribution in [1.29, 1.82) is 0 Å². The fourth-order valence-electron chi connectivity index (χ4n) is 3.76. The van der Waals surface area contributed by atoms with Crippen LogP contribution in [0, 0.1) is 19.8 Å². The van der Waals surface area contributed by atoms with E-state index in [0.717, 1.165) is 22.0 Å². The van der Waals surface area contributed by atoms with Gasteiger partial charge in [0.15, 0.2) is 9.84 Å². The van der Waals surface area contributed by atoms with Crippen LogP contribution in [-0.2, 0) is 21.1 Å². The summed E-state index contributed by atoms with van der Waals surface area (Å²) < 4.78 is 22.9. The summed E-state index contributed by atoms with van der Waals surface area (Å²) in [4.78, 5) is 27.2. The Morgan fingerprint density at radius 1 is 1.26 bits per heavy atom. The average molecular weight is 391 g/mol. The Balaban J connectivity index is 1.53. The van der Waals surface area contributed by atoms with Gasteiger partial charge in [-0.2, -0.15) is 0 Å². The lowest BCUT2D eigenvalue weighted by Gasteiger charge is -2.09. The van der Waals surface area contributed by atoms with Gasteiger partial charge in [-0.25, -0.2) is 8.42 Å². The second-order valence-corrected chi connectivity index (χ2v) is 9.80. The largest absolute Gasteiger partial charge is 0.356 e. The fourth-order valence-corrected chi connectivity index (χ4v) is 5.67. The van der Waals surface area contributed by atoms with Gasteiger partial charge in [-0.1, -0.05) is 6.07 Å². The van der Waals surface area contributed by atoms with Gasteiger partial charge in [0.2, 0.25) is 5.91 Å². The van der Waals surface area contributed by atoms with Crippen LogP contribution in [0.15, 0.2) is 23.0 Å². The van der Waals surface area contributed by atoms with Crippen molar-refractivity contribution in [1.82, 2.24) is 10.3 Å². The Hall–Kier alpha value is -2.15. The first-order chi connectivity index (χ1) is 12.7. The summed E-state index contributed by atoms with van der Waals surface area (Å²) in [5, 5.41) is 3.85. The smallest absolute Gasteiger partial charge is 0.251 e. The molecule has 0 aliphatic carbocycles. The molecule has 3 rings (SSSR count). The normalized spacial score (nSPS) is 18.7. The number of nitrogens with one attached hydrogen (secondary N) is 2. The Morgan fingerprint density at radius 3 is 2.74 bits per heavy atom. The van der Waals surface area contributed by atoms with Gasteiger partial charge in [0, 0.05) is 29.4 Å². The maximum Gasteiger partial charge on any atom is 0.251 e. The van der Waals surface area contributed by atoms with E-state index in [4.69, 9.17) is 0 Å². The van der Waals surface area contributed by atoms with Crippen LogP contribution >= 0.6 is 0 Å². The van der Waals surface area contributed by atoms with Crippen molar-refractivity contribution in [3.63, 3.8) is 0 Å². The zero-order chi connectivity index (χ0) is 19.6. The van der Waals surface area contributed by atoms with Crippen LogP contribution < -0.4 is 10.9 Å². The second-order valence-electron chi connectivity index (χ2n) is 7.57. The molecule has 6 nitrogen and oxygen atoms in total. The van der Waals surface area contributed by atoms with E-state index in [1.807, 2.05) is 26.0 Å². The molecule has 1 aliphatic rings. The highest BCUT2D eigenvalue weighted by molar-refractivity contribution is 7.91. The Kier molecular flexibility index (Phi) is 5.69. The minimum atomic E-state index is -2.90. The summed E-state index contributed by atoms with van der Waals surface area (Å²) in [7, 11) is -2.90. The predicted molar refractivity (Wildman–Crippen MR) is 107 cm³/mol. The van der Waals surface area contributed by atoms with Crippen LogP contribution in [0.2, 0.25) is 0 Å². The lowest BCUT2D eigenvalue weighted by molar-refractivity contribution is -0.121. The number of hydrogen-bond acceptors (Lipinski definition) is 4. The molecule has 7 heteroatoms. The number of benzene rings is 1. The number of hydrogen-bond donors (Lipinski definition) is 2. The second kappa shape index (κ2) is 7.84. The molecular weight excluding hydrogens is 364 g/mol. The number of sulfone groups is 1. The number of rotatable bonds is 6. The van der Waals surface area contributed by atoms with Crippen LogP contribution in [0.25, 0.3) is 10.9 Å². The zero-order valence-corrected chi connectivity index (χ0v) is 16.6. The molecule has 0 saturated carbocycles. The Bertz CT molecular complexity index is 1020. The van der Waals surface area contributed by atoms with Gasteiger partial charge in [-0.15, -0.1) is 0 Å². The summed E-state index contributed by atoms with van der Waals surface area (Å²) in [6, 6.07) is 5.94. The van der Waals surface area contributed by atoms with Gasteiger partial charge in [0.25, 0.3) is 5.56 Å². The lowest BCUT2D eigenvalue weighted by Crippen LogP contribution is -2.27. The minimum absolute atomic E-state index is 0.0931. The molecule has 1 amide bonds. The van der Waals surface area contributed by atoms with E-state index in [2.05, 4.69) is 16.4 Å². The average Bonchev–Trinajstić information content (AvgIpc) is 2.93. The number of carbonyl (C=O) groups is 1. The van der Waals surface area contributed by atoms with Crippen molar-refractivity contribution in [2.75, 3.05) is 18.1 Å². The molecule has 1 atom stereocenters. The van der Waals surface area contributed by atoms with E-state index in [1.165, 1.54) is 0 Å². The van der Waals surface area contributed by atoms with E-state index in [-0.39, 0.29) is 28.9 Å². The van der Waals surface area contributed by atoms with Gasteiger partial charge in [-0.3, -0.25) is 9.59 Å². The van der Waals surface area contributed by atoms with E-state index < -0.39 is 9.84 Å². The number of aromatic amines is 1. The van der Waals surface area contributed by atoms with E-state index in [0.29, 0.717) is 37.8 Å². The third kappa shape index (κ3) is 4.97. The molecule has 2 N–H and O–H groups in total. The van der Waals surface area contributed by atoms with Crippen LogP contribution in [0.4, 0.5) is 0 Å². The Labute approximate surface area is 159 Å². The number of amides is 1. The van der Waals surface area contributed by atoms with Crippen LogP contribution in [-0.4, -0.2) is 37.4 Å². The number of H-pyrrole nitrogens is 1. The van der Waals surface area contributed by atoms with Gasteiger partial charge in [0.1, 0.15) is 0 Å². The van der Waals surface area contributed by atoms with Gasteiger partial charge >= 0.3 is 0 Å². The maximum absolute atomic E-state index is 12.3. The molecule has 0 bridgehead atoms. The molecule has 0 radical (unpaired) electrons. The Morgan fingerprint density at radius 2 is 2.04 bits per heavy atom. The first kappa shape index (κ1) is 19.6. The first-order valence-electron chi connectivity index (χ1n) is 9.34. The van der Waals surface area contributed by atoms with Crippen LogP contribution in [0.1, 0.15) is 36.0 Å². The van der Waals surface area contributed by atoms with E-state index in [1.54, 1.807) is 0 Å². The summed E-state index contributed by atoms with van der Waals surface area (Å²) in [6.07, 6.45) is 2.04. The standard InChI is InChI=1S/C20H26N2O4S/c1-13-9-14(2)17-11-16(20(24)22-18(17)10-13)5-7-21-19(23)4-3-15-6-8-27(25,26)12-15/h9-11,15H,3-8,12H2,1-2H3,(H,21,23)(H,22,24). The SMILES string of the molecule is Cc1cc(C)c2cc(CCNC(=O)CCC3CCS(=O)(=O)C3)c(=O)[nH]c2c1. The minimum Gasteiger partial charge on any atom is -0.356 e. The molecule has 1 aliphatic heterocycles. The van der Waals surface area contributed by atoms with Crippen molar-refractivity contribution in [3.8, 4) is 0 Å². The highest BCUT2D eigenvalue weighted by atomic mass is 32.2. The van der Waals surface area contributed by atoms with Crippen molar-refractivity contribution in [3.05, 3.63) is 45.2 Å². The van der Waals surface area contributed by atoms with Crippen LogP contribution in [0.5, 0.6) is 0 Å². The molecule has 2 aromatic rings. The number of aromatic nitrogens is 1.